The predicted molar refractivity (Wildman–Crippen MR) is 128 cm³/mol. The molecule has 0 aromatic rings. The van der Waals surface area contributed by atoms with E-state index < -0.39 is 0 Å². The lowest BCUT2D eigenvalue weighted by Gasteiger charge is -2.28. The topological polar surface area (TPSA) is 94.2 Å². The summed E-state index contributed by atoms with van der Waals surface area (Å²) in [6, 6.07) is 0. The molecule has 1 unspecified atom stereocenters. The normalized spacial score (nSPS) is 17.7. The summed E-state index contributed by atoms with van der Waals surface area (Å²) >= 11 is 0. The van der Waals surface area contributed by atoms with Gasteiger partial charge in [-0.3, -0.25) is 19.3 Å². The maximum Gasteiger partial charge on any atom is 0.233 e. The maximum atomic E-state index is 12.5. The molecule has 1 aliphatic heterocycles. The zero-order valence-corrected chi connectivity index (χ0v) is 22.0. The molecule has 3 amide bonds. The monoisotopic (exact) mass is 470 g/mol. The molecule has 8 heteroatoms. The lowest BCUT2D eigenvalue weighted by molar-refractivity contribution is -0.140. The second-order valence-electron chi connectivity index (χ2n) is 11.1. The molecule has 0 radical (unpaired) electrons. The molecule has 0 bridgehead atoms. The zero-order valence-electron chi connectivity index (χ0n) is 22.0. The number of carbonyl (C=O) groups excluding carboxylic acids is 3. The van der Waals surface area contributed by atoms with Crippen molar-refractivity contribution in [3.8, 4) is 0 Å². The average Bonchev–Trinajstić information content (AvgIpc) is 2.99. The summed E-state index contributed by atoms with van der Waals surface area (Å²) in [7, 11) is 1.71. The Balaban J connectivity index is 2.13. The molecule has 0 spiro atoms. The van der Waals surface area contributed by atoms with E-state index in [-0.39, 0.29) is 59.6 Å². The van der Waals surface area contributed by atoms with Crippen molar-refractivity contribution >= 4 is 17.7 Å². The highest BCUT2D eigenvalue weighted by molar-refractivity contribution is 6.04. The Morgan fingerprint density at radius 3 is 2.21 bits per heavy atom. The quantitative estimate of drug-likeness (QED) is 0.291. The average molecular weight is 471 g/mol. The van der Waals surface area contributed by atoms with Crippen LogP contribution in [0.15, 0.2) is 0 Å². The fourth-order valence-corrected chi connectivity index (χ4v) is 3.47. The van der Waals surface area contributed by atoms with Gasteiger partial charge in [-0.05, 0) is 52.4 Å². The number of hydrogen-bond acceptors (Lipinski definition) is 6. The van der Waals surface area contributed by atoms with Gasteiger partial charge in [-0.1, -0.05) is 20.8 Å². The first-order valence-corrected chi connectivity index (χ1v) is 12.1. The molecule has 1 fully saturated rings. The first-order valence-electron chi connectivity index (χ1n) is 12.1. The summed E-state index contributed by atoms with van der Waals surface area (Å²) in [5.41, 5.74) is -0.716. The third kappa shape index (κ3) is 11.0. The summed E-state index contributed by atoms with van der Waals surface area (Å²) < 4.78 is 17.1. The lowest BCUT2D eigenvalue weighted by Crippen LogP contribution is -2.37. The van der Waals surface area contributed by atoms with Crippen molar-refractivity contribution in [3.05, 3.63) is 0 Å². The molecule has 1 N–H and O–H groups in total. The Morgan fingerprint density at radius 1 is 1.00 bits per heavy atom. The standard InChI is InChI=1S/C25H46N2O6/c1-23(2,3)19-18-21(29)27(22(19)30)14-10-20(28)26-13-9-15-32-16-11-25(6,7)33-17-12-24(4,5)31-8/h19H,9-18H2,1-8H3,(H,26,28). The Morgan fingerprint density at radius 2 is 1.64 bits per heavy atom. The van der Waals surface area contributed by atoms with Crippen LogP contribution >= 0.6 is 0 Å². The Bertz CT molecular complexity index is 654. The van der Waals surface area contributed by atoms with Gasteiger partial charge >= 0.3 is 0 Å². The summed E-state index contributed by atoms with van der Waals surface area (Å²) in [6.07, 6.45) is 2.66. The highest BCUT2D eigenvalue weighted by atomic mass is 16.5. The van der Waals surface area contributed by atoms with Crippen LogP contribution in [0.25, 0.3) is 0 Å². The Labute approximate surface area is 200 Å². The van der Waals surface area contributed by atoms with E-state index in [4.69, 9.17) is 14.2 Å². The van der Waals surface area contributed by atoms with Gasteiger partial charge < -0.3 is 19.5 Å². The number of nitrogens with one attached hydrogen (secondary N) is 1. The van der Waals surface area contributed by atoms with Gasteiger partial charge in [0.1, 0.15) is 0 Å². The molecular formula is C25H46N2O6. The number of amides is 3. The first kappa shape index (κ1) is 29.5. The number of ether oxygens (including phenoxy) is 3. The van der Waals surface area contributed by atoms with Gasteiger partial charge in [0.05, 0.1) is 23.7 Å². The van der Waals surface area contributed by atoms with E-state index >= 15 is 0 Å². The SMILES string of the molecule is COC(C)(C)CCOC(C)(C)CCOCCCNC(=O)CCN1C(=O)CC(C(C)(C)C)C1=O. The molecule has 0 aromatic heterocycles. The molecule has 192 valence electrons. The molecule has 1 aliphatic rings. The van der Waals surface area contributed by atoms with Crippen molar-refractivity contribution in [2.45, 2.75) is 91.8 Å². The predicted octanol–water partition coefficient (Wildman–Crippen LogP) is 3.32. The number of methoxy groups -OCH3 is 1. The number of likely N-dealkylation sites (tertiary alicyclic amines) is 1. The van der Waals surface area contributed by atoms with Crippen molar-refractivity contribution in [1.82, 2.24) is 10.2 Å². The summed E-state index contributed by atoms with van der Waals surface area (Å²) in [6.45, 7) is 16.5. The highest BCUT2D eigenvalue weighted by Crippen LogP contribution is 2.35. The van der Waals surface area contributed by atoms with Crippen LogP contribution in [0.2, 0.25) is 0 Å². The van der Waals surface area contributed by atoms with Crippen LogP contribution in [0, 0.1) is 11.3 Å². The first-order chi connectivity index (χ1) is 15.2. The minimum absolute atomic E-state index is 0.126. The summed E-state index contributed by atoms with van der Waals surface area (Å²) in [5, 5.41) is 2.83. The smallest absolute Gasteiger partial charge is 0.233 e. The Kier molecular flexibility index (Phi) is 11.5. The van der Waals surface area contributed by atoms with Gasteiger partial charge in [0, 0.05) is 46.3 Å². The molecule has 1 heterocycles. The van der Waals surface area contributed by atoms with Crippen molar-refractivity contribution in [3.63, 3.8) is 0 Å². The van der Waals surface area contributed by atoms with Crippen LogP contribution in [0.3, 0.4) is 0 Å². The number of rotatable bonds is 15. The Hall–Kier alpha value is -1.51. The van der Waals surface area contributed by atoms with Crippen molar-refractivity contribution in [2.75, 3.05) is 40.0 Å². The van der Waals surface area contributed by atoms with Gasteiger partial charge in [-0.15, -0.1) is 0 Å². The number of carbonyl (C=O) groups is 3. The van der Waals surface area contributed by atoms with E-state index in [2.05, 4.69) is 19.2 Å². The molecule has 1 rings (SSSR count). The second kappa shape index (κ2) is 12.8. The highest BCUT2D eigenvalue weighted by Gasteiger charge is 2.44. The largest absolute Gasteiger partial charge is 0.381 e. The van der Waals surface area contributed by atoms with Gasteiger partial charge in [-0.25, -0.2) is 0 Å². The third-order valence-corrected chi connectivity index (χ3v) is 6.24. The van der Waals surface area contributed by atoms with Gasteiger partial charge in [0.25, 0.3) is 0 Å². The van der Waals surface area contributed by atoms with Crippen molar-refractivity contribution in [1.29, 1.82) is 0 Å². The number of imide groups is 1. The van der Waals surface area contributed by atoms with Crippen LogP contribution in [0.5, 0.6) is 0 Å². The van der Waals surface area contributed by atoms with E-state index in [0.29, 0.717) is 32.8 Å². The van der Waals surface area contributed by atoms with E-state index in [9.17, 15) is 14.4 Å². The third-order valence-electron chi connectivity index (χ3n) is 6.24. The molecule has 33 heavy (non-hydrogen) atoms. The molecule has 0 aromatic carbocycles. The van der Waals surface area contributed by atoms with E-state index in [1.54, 1.807) is 7.11 Å². The van der Waals surface area contributed by atoms with Crippen LogP contribution in [0.1, 0.15) is 80.6 Å². The lowest BCUT2D eigenvalue weighted by atomic mass is 9.80. The second-order valence-corrected chi connectivity index (χ2v) is 11.1. The van der Waals surface area contributed by atoms with Crippen molar-refractivity contribution in [2.24, 2.45) is 11.3 Å². The van der Waals surface area contributed by atoms with Gasteiger partial charge in [0.2, 0.25) is 17.7 Å². The van der Waals surface area contributed by atoms with Crippen LogP contribution in [0.4, 0.5) is 0 Å². The van der Waals surface area contributed by atoms with Crippen molar-refractivity contribution < 1.29 is 28.6 Å². The van der Waals surface area contributed by atoms with Crippen LogP contribution in [-0.4, -0.2) is 73.8 Å². The van der Waals surface area contributed by atoms with Crippen LogP contribution < -0.4 is 5.32 Å². The molecule has 1 atom stereocenters. The summed E-state index contributed by atoms with van der Waals surface area (Å²) in [5.74, 6) is -0.820. The minimum Gasteiger partial charge on any atom is -0.381 e. The number of nitrogens with zero attached hydrogens (tertiary/aromatic N) is 1. The van der Waals surface area contributed by atoms with Gasteiger partial charge in [-0.2, -0.15) is 0 Å². The van der Waals surface area contributed by atoms with Gasteiger partial charge in [0.15, 0.2) is 0 Å². The molecule has 0 saturated carbocycles. The van der Waals surface area contributed by atoms with E-state index in [1.807, 2.05) is 34.6 Å². The zero-order chi connectivity index (χ0) is 25.3. The summed E-state index contributed by atoms with van der Waals surface area (Å²) in [4.78, 5) is 37.9. The number of hydrogen-bond donors (Lipinski definition) is 1. The van der Waals surface area contributed by atoms with E-state index in [0.717, 1.165) is 12.8 Å². The van der Waals surface area contributed by atoms with Crippen LogP contribution in [-0.2, 0) is 28.6 Å². The fraction of sp³-hybridized carbons (Fsp3) is 0.880. The fourth-order valence-electron chi connectivity index (χ4n) is 3.47. The minimum atomic E-state index is -0.308. The maximum absolute atomic E-state index is 12.5. The molecule has 1 saturated heterocycles. The molecule has 0 aliphatic carbocycles. The van der Waals surface area contributed by atoms with E-state index in [1.165, 1.54) is 4.90 Å². The molecule has 8 nitrogen and oxygen atoms in total. The molecular weight excluding hydrogens is 424 g/mol.